The molecule has 111 heavy (non-hydrogen) atoms. The SMILES string of the molecule is Cc1cn([C@H]2C[C@H](OP(=O)(O)OC[C@H]3O[C@@H](n4cc(C)c(=O)[nH]c4=O)C[C@@H]3OP(=O)(O)OC[C@H]3O[C@@H](n4cnc5c(=O)[nH]c(NC(=O)C(C)C)nc54)C[C@@H]3OP(=O)(O)OC[C@H]3O[C@@H](n4cnc5c(=O)[nH]c(NC(=O)C(C)C)nc54)C[C@@H]3OP(=O)(O)OC[C@H]3O[C@@H](n4cc(C)c(=O)[nH]c4=O)C[C@@H]3O)[C@@H](CO)O2)c(=O)[nH]c1=O. The van der Waals surface area contributed by atoms with Crippen LogP contribution in [0.15, 0.2) is 69.6 Å². The number of anilines is 2. The number of H-pyrrole nitrogens is 5. The molecule has 7 aromatic rings. The Morgan fingerprint density at radius 1 is 0.459 bits per heavy atom. The topological polar surface area (TPSA) is 660 Å². The van der Waals surface area contributed by atoms with Crippen LogP contribution in [0.5, 0.6) is 0 Å². The van der Waals surface area contributed by atoms with Crippen molar-refractivity contribution in [3.63, 3.8) is 0 Å². The molecule has 0 spiro atoms. The predicted octanol–water partition coefficient (Wildman–Crippen LogP) is -1.18. The van der Waals surface area contributed by atoms with Crippen LogP contribution in [-0.4, -0.2) is 203 Å². The second-order valence-corrected chi connectivity index (χ2v) is 32.5. The van der Waals surface area contributed by atoms with E-state index in [-0.39, 0.29) is 63.8 Å². The van der Waals surface area contributed by atoms with E-state index in [1.54, 1.807) is 27.7 Å². The molecular weight excluding hydrogens is 1570 g/mol. The van der Waals surface area contributed by atoms with E-state index >= 15 is 0 Å². The van der Waals surface area contributed by atoms with Crippen molar-refractivity contribution < 1.29 is 118 Å². The number of phosphoric ester groups is 4. The van der Waals surface area contributed by atoms with Crippen molar-refractivity contribution in [3.05, 3.63) is 131 Å². The number of hydrogen-bond acceptors (Lipinski definition) is 33. The molecule has 5 saturated heterocycles. The number of aromatic amines is 5. The minimum atomic E-state index is -5.66. The smallest absolute Gasteiger partial charge is 0.394 e. The zero-order valence-corrected chi connectivity index (χ0v) is 62.9. The fourth-order valence-electron chi connectivity index (χ4n) is 12.4. The van der Waals surface area contributed by atoms with Gasteiger partial charge in [-0.3, -0.25) is 128 Å². The van der Waals surface area contributed by atoms with Crippen molar-refractivity contribution in [3.8, 4) is 0 Å². The van der Waals surface area contributed by atoms with E-state index in [0.717, 1.165) is 47.9 Å². The first kappa shape index (κ1) is 82.3. The van der Waals surface area contributed by atoms with Gasteiger partial charge in [0.05, 0.1) is 51.8 Å². The summed E-state index contributed by atoms with van der Waals surface area (Å²) in [4.78, 5) is 201. The summed E-state index contributed by atoms with van der Waals surface area (Å²) in [6, 6.07) is 0. The Morgan fingerprint density at radius 3 is 1.07 bits per heavy atom. The summed E-state index contributed by atoms with van der Waals surface area (Å²) in [5, 5.41) is 26.0. The van der Waals surface area contributed by atoms with Gasteiger partial charge in [0, 0.05) is 79.2 Å². The van der Waals surface area contributed by atoms with Crippen molar-refractivity contribution in [2.24, 2.45) is 11.8 Å². The molecule has 19 atom stereocenters. The number of rotatable bonds is 30. The number of ether oxygens (including phenoxy) is 5. The zero-order valence-electron chi connectivity index (χ0n) is 59.3. The average molecular weight is 1650 g/mol. The van der Waals surface area contributed by atoms with Crippen molar-refractivity contribution in [1.82, 2.24) is 67.7 Å². The molecule has 0 aliphatic carbocycles. The highest BCUT2D eigenvalue weighted by atomic mass is 31.2. The summed E-state index contributed by atoms with van der Waals surface area (Å²) in [7, 11) is -22.0. The van der Waals surface area contributed by atoms with E-state index in [2.05, 4.69) is 55.5 Å². The third-order valence-electron chi connectivity index (χ3n) is 18.2. The van der Waals surface area contributed by atoms with Crippen molar-refractivity contribution in [1.29, 1.82) is 0 Å². The van der Waals surface area contributed by atoms with Crippen LogP contribution in [0.3, 0.4) is 0 Å². The van der Waals surface area contributed by atoms with Gasteiger partial charge in [-0.2, -0.15) is 9.97 Å². The number of aromatic nitrogens is 14. The molecule has 4 unspecified atom stereocenters. The minimum Gasteiger partial charge on any atom is -0.394 e. The first-order chi connectivity index (χ1) is 52.2. The fourth-order valence-corrected chi connectivity index (χ4v) is 16.2. The molecule has 5 aliphatic rings. The summed E-state index contributed by atoms with van der Waals surface area (Å²) in [6.45, 7) is 5.38. The maximum atomic E-state index is 14.5. The van der Waals surface area contributed by atoms with Gasteiger partial charge in [0.2, 0.25) is 23.7 Å². The van der Waals surface area contributed by atoms with Gasteiger partial charge in [-0.05, 0) is 20.8 Å². The highest BCUT2D eigenvalue weighted by molar-refractivity contribution is 7.48. The number of aliphatic hydroxyl groups is 2. The highest BCUT2D eigenvalue weighted by Crippen LogP contribution is 2.55. The largest absolute Gasteiger partial charge is 0.472 e. The van der Waals surface area contributed by atoms with E-state index in [0.29, 0.717) is 0 Å². The van der Waals surface area contributed by atoms with Crippen molar-refractivity contribution in [2.45, 2.75) is 173 Å². The molecule has 49 nitrogen and oxygen atoms in total. The van der Waals surface area contributed by atoms with Gasteiger partial charge in [0.25, 0.3) is 27.8 Å². The minimum absolute atomic E-state index is 0.0178. The van der Waals surface area contributed by atoms with E-state index in [1.165, 1.54) is 27.0 Å². The Balaban J connectivity index is 0.788. The van der Waals surface area contributed by atoms with Gasteiger partial charge >= 0.3 is 48.4 Å². The normalized spacial score (nSPS) is 27.8. The second kappa shape index (κ2) is 32.7. The lowest BCUT2D eigenvalue weighted by Crippen LogP contribution is -2.33. The first-order valence-corrected chi connectivity index (χ1v) is 39.9. The number of nitrogens with one attached hydrogen (secondary N) is 7. The zero-order chi connectivity index (χ0) is 80.2. The van der Waals surface area contributed by atoms with Crippen LogP contribution in [0.1, 0.15) is 108 Å². The lowest BCUT2D eigenvalue weighted by molar-refractivity contribution is -0.119. The number of hydrogen-bond donors (Lipinski definition) is 13. The third-order valence-corrected chi connectivity index (χ3v) is 22.2. The number of nitrogens with zero attached hydrogens (tertiary/aromatic N) is 9. The molecule has 12 heterocycles. The van der Waals surface area contributed by atoms with E-state index in [1.807, 2.05) is 0 Å². The van der Waals surface area contributed by atoms with Gasteiger partial charge in [-0.1, -0.05) is 27.7 Å². The number of amides is 2. The number of phosphoric acid groups is 4. The Hall–Kier alpha value is -8.16. The summed E-state index contributed by atoms with van der Waals surface area (Å²) in [5.74, 6) is -3.00. The third kappa shape index (κ3) is 18.9. The van der Waals surface area contributed by atoms with Gasteiger partial charge in [-0.25, -0.2) is 42.6 Å². The number of aliphatic hydroxyl groups excluding tert-OH is 2. The number of carbonyl (C=O) groups excluding carboxylic acids is 2. The number of aryl methyl sites for hydroxylation is 3. The van der Waals surface area contributed by atoms with Crippen LogP contribution in [0.2, 0.25) is 0 Å². The van der Waals surface area contributed by atoms with Gasteiger partial charge in [-0.15, -0.1) is 0 Å². The fraction of sp³-hybridized carbons (Fsp3) is 0.586. The average Bonchev–Trinajstić information content (AvgIpc) is 1.63. The molecule has 5 fully saturated rings. The van der Waals surface area contributed by atoms with E-state index in [9.17, 15) is 96.0 Å². The lowest BCUT2D eigenvalue weighted by Gasteiger charge is -2.25. The molecular formula is C58H76N16O33P4. The highest BCUT2D eigenvalue weighted by Gasteiger charge is 2.50. The summed E-state index contributed by atoms with van der Waals surface area (Å²) in [5.41, 5.74) is -7.63. The summed E-state index contributed by atoms with van der Waals surface area (Å²) in [6.07, 6.45) is -19.8. The molecule has 13 N–H and O–H groups in total. The number of carbonyl (C=O) groups is 2. The standard InChI is InChI=1S/C58H76N16O33P4/c1-23(2)47(77)63-54-61-45-43(52(82)65-54)59-21-73(45)41-11-31(106-108(87,88)95-17-34-28(76)8-38(100-34)70-13-25(5)49(79)67-56(70)84)36(102-41)19-98-111(93,94)107-32-12-42(74-22-60-44-46(74)62-55(66-53(44)83)64-48(78)24(3)4)103-37(32)20-97-110(91,92)105-30-10-40(72-15-27(7)51(81)69-58(72)86)101-35(30)18-96-109(89,90)104-29-9-39(99-33(29)16-75)71-14-26(6)50(80)68-57(71)85/h13-15,21-24,28-42,75-76H,8-12,16-20H2,1-7H3,(H,87,88)(H,89,90)(H,91,92)(H,93,94)(H,67,79,84)(H,68,80,85)(H,69,81,86)(H2,61,63,65,77,82)(H2,62,64,66,78,83)/t28-,29-,30-,31-,32-,33+,34+,35+,36+,37+,38+,39+,40+,41+,42+/m0/s1. The molecule has 7 aromatic heterocycles. The molecule has 0 radical (unpaired) electrons. The molecule has 0 bridgehead atoms. The van der Waals surface area contributed by atoms with Crippen LogP contribution in [-0.2, 0) is 87.7 Å². The molecule has 12 rings (SSSR count). The Labute approximate surface area is 619 Å². The Kier molecular flexibility index (Phi) is 24.3. The van der Waals surface area contributed by atoms with Crippen LogP contribution >= 0.6 is 31.3 Å². The van der Waals surface area contributed by atoms with Crippen LogP contribution < -0.4 is 55.5 Å². The first-order valence-electron chi connectivity index (χ1n) is 33.9. The van der Waals surface area contributed by atoms with Crippen molar-refractivity contribution in [2.75, 3.05) is 43.7 Å². The molecule has 0 saturated carbocycles. The number of imidazole rings is 2. The van der Waals surface area contributed by atoms with Gasteiger partial charge in [0.15, 0.2) is 22.3 Å². The molecule has 606 valence electrons. The van der Waals surface area contributed by atoms with Gasteiger partial charge < -0.3 is 53.5 Å². The number of fused-ring (bicyclic) bond motifs is 2. The molecule has 53 heteroatoms. The monoisotopic (exact) mass is 1650 g/mol. The van der Waals surface area contributed by atoms with Gasteiger partial charge in [0.1, 0.15) is 86.1 Å². The lowest BCUT2D eigenvalue weighted by atomic mass is 10.2. The Morgan fingerprint density at radius 2 is 0.748 bits per heavy atom. The van der Waals surface area contributed by atoms with Crippen LogP contribution in [0.25, 0.3) is 22.3 Å². The van der Waals surface area contributed by atoms with E-state index in [4.69, 9.17) is 59.9 Å². The molecule has 0 aromatic carbocycles. The summed E-state index contributed by atoms with van der Waals surface area (Å²) < 4.78 is 136. The van der Waals surface area contributed by atoms with E-state index < -0.39 is 244 Å². The summed E-state index contributed by atoms with van der Waals surface area (Å²) >= 11 is 0. The maximum absolute atomic E-state index is 14.5. The second-order valence-electron chi connectivity index (χ2n) is 26.9. The van der Waals surface area contributed by atoms with Crippen LogP contribution in [0.4, 0.5) is 11.9 Å². The predicted molar refractivity (Wildman–Crippen MR) is 370 cm³/mol. The maximum Gasteiger partial charge on any atom is 0.472 e. The van der Waals surface area contributed by atoms with Crippen molar-refractivity contribution >= 4 is 77.3 Å². The quantitative estimate of drug-likeness (QED) is 0.0236. The Bertz CT molecular complexity index is 5420. The van der Waals surface area contributed by atoms with Crippen LogP contribution in [0, 0.1) is 32.6 Å². The molecule has 2 amide bonds. The molecule has 5 aliphatic heterocycles.